The molecule has 0 N–H and O–H groups in total. The highest BCUT2D eigenvalue weighted by Crippen LogP contribution is 2.51. The van der Waals surface area contributed by atoms with Crippen molar-refractivity contribution in [2.45, 2.75) is 51.4 Å². The maximum absolute atomic E-state index is 14.4. The maximum Gasteiger partial charge on any atom is 0.170 e. The number of rotatable bonds is 2. The molecule has 46 heavy (non-hydrogen) atoms. The molecule has 2 atom stereocenters. The molecule has 9 rings (SSSR count). The quantitative estimate of drug-likeness (QED) is 0.199. The summed E-state index contributed by atoms with van der Waals surface area (Å²) < 4.78 is 0. The third kappa shape index (κ3) is 3.84. The monoisotopic (exact) mass is 594 g/mol. The zero-order chi connectivity index (χ0) is 31.4. The van der Waals surface area contributed by atoms with E-state index in [4.69, 9.17) is 0 Å². The number of ketones is 1. The number of hydrogen-bond acceptors (Lipinski definition) is 1. The fraction of sp³-hybridized carbons (Fsp3) is 0.222. The molecule has 0 saturated heterocycles. The van der Waals surface area contributed by atoms with Crippen molar-refractivity contribution in [2.24, 2.45) is 11.8 Å². The van der Waals surface area contributed by atoms with Crippen LogP contribution in [-0.4, -0.2) is 5.78 Å². The molecule has 5 aromatic rings. The predicted molar refractivity (Wildman–Crippen MR) is 190 cm³/mol. The van der Waals surface area contributed by atoms with Gasteiger partial charge in [0.2, 0.25) is 0 Å². The Morgan fingerprint density at radius 3 is 1.78 bits per heavy atom. The Morgan fingerprint density at radius 1 is 0.565 bits per heavy atom. The lowest BCUT2D eigenvalue weighted by Gasteiger charge is -2.25. The van der Waals surface area contributed by atoms with Gasteiger partial charge in [0.25, 0.3) is 0 Å². The molecule has 5 aromatic carbocycles. The lowest BCUT2D eigenvalue weighted by molar-refractivity contribution is 0.0924. The minimum absolute atomic E-state index is 0.0492. The van der Waals surface area contributed by atoms with Crippen molar-refractivity contribution in [1.82, 2.24) is 0 Å². The first-order valence-corrected chi connectivity index (χ1v) is 16.8. The van der Waals surface area contributed by atoms with Gasteiger partial charge in [0.15, 0.2) is 5.78 Å². The lowest BCUT2D eigenvalue weighted by Crippen LogP contribution is -2.22. The van der Waals surface area contributed by atoms with Crippen LogP contribution >= 0.6 is 0 Å². The predicted octanol–water partition coefficient (Wildman–Crippen LogP) is 11.0. The fourth-order valence-electron chi connectivity index (χ4n) is 8.93. The van der Waals surface area contributed by atoms with Crippen LogP contribution in [0.3, 0.4) is 0 Å². The Kier molecular flexibility index (Phi) is 5.77. The van der Waals surface area contributed by atoms with E-state index in [1.54, 1.807) is 0 Å². The van der Waals surface area contributed by atoms with E-state index in [0.29, 0.717) is 0 Å². The third-order valence-electron chi connectivity index (χ3n) is 11.6. The molecule has 4 aliphatic rings. The number of fused-ring (bicyclic) bond motifs is 8. The summed E-state index contributed by atoms with van der Waals surface area (Å²) in [5.74, 6) is 0.328. The normalized spacial score (nSPS) is 20.9. The van der Waals surface area contributed by atoms with E-state index in [1.165, 1.54) is 61.2 Å². The van der Waals surface area contributed by atoms with Crippen molar-refractivity contribution < 1.29 is 4.79 Å². The average molecular weight is 595 g/mol. The van der Waals surface area contributed by atoms with E-state index in [-0.39, 0.29) is 28.4 Å². The van der Waals surface area contributed by atoms with E-state index >= 15 is 0 Å². The van der Waals surface area contributed by atoms with Crippen molar-refractivity contribution in [3.05, 3.63) is 160 Å². The molecule has 224 valence electrons. The van der Waals surface area contributed by atoms with Crippen LogP contribution in [0.15, 0.2) is 121 Å². The molecular formula is C45H38O. The van der Waals surface area contributed by atoms with E-state index < -0.39 is 0 Å². The molecule has 0 amide bonds. The van der Waals surface area contributed by atoms with Gasteiger partial charge in [-0.2, -0.15) is 0 Å². The van der Waals surface area contributed by atoms with Crippen LogP contribution in [0.4, 0.5) is 0 Å². The zero-order valence-corrected chi connectivity index (χ0v) is 27.0. The molecule has 0 radical (unpaired) electrons. The first kappa shape index (κ1) is 27.6. The topological polar surface area (TPSA) is 17.1 Å². The van der Waals surface area contributed by atoms with Crippen LogP contribution in [-0.2, 0) is 17.3 Å². The van der Waals surface area contributed by atoms with Crippen molar-refractivity contribution in [1.29, 1.82) is 0 Å². The van der Waals surface area contributed by atoms with Gasteiger partial charge in [-0.05, 0) is 109 Å². The Hall–Kier alpha value is -4.75. The van der Waals surface area contributed by atoms with Gasteiger partial charge in [0.05, 0.1) is 0 Å². The highest BCUT2D eigenvalue weighted by Gasteiger charge is 2.38. The second-order valence-electron chi connectivity index (χ2n) is 14.8. The van der Waals surface area contributed by atoms with Crippen molar-refractivity contribution in [3.8, 4) is 33.4 Å². The van der Waals surface area contributed by atoms with E-state index in [2.05, 4.69) is 149 Å². The second-order valence-corrected chi connectivity index (χ2v) is 14.8. The number of carbonyl (C=O) groups is 1. The number of carbonyl (C=O) groups excluding carboxylic acids is 1. The Morgan fingerprint density at radius 2 is 1.11 bits per heavy atom. The van der Waals surface area contributed by atoms with Crippen molar-refractivity contribution in [2.75, 3.05) is 0 Å². The number of allylic oxidation sites excluding steroid dienone is 4. The minimum atomic E-state index is -0.150. The molecule has 0 saturated carbocycles. The lowest BCUT2D eigenvalue weighted by atomic mass is 9.78. The van der Waals surface area contributed by atoms with Crippen LogP contribution in [0.2, 0.25) is 0 Å². The number of hydrogen-bond donors (Lipinski definition) is 0. The summed E-state index contributed by atoms with van der Waals surface area (Å²) in [4.78, 5) is 14.4. The highest BCUT2D eigenvalue weighted by molar-refractivity contribution is 6.03. The number of aryl methyl sites for hydroxylation is 1. The van der Waals surface area contributed by atoms with Crippen LogP contribution in [0.25, 0.3) is 39.0 Å². The van der Waals surface area contributed by atoms with E-state index in [0.717, 1.165) is 29.5 Å². The average Bonchev–Trinajstić information content (AvgIpc) is 3.39. The largest absolute Gasteiger partial charge is 0.293 e. The molecule has 0 fully saturated rings. The molecule has 4 aliphatic carbocycles. The van der Waals surface area contributed by atoms with Crippen LogP contribution in [0, 0.1) is 11.8 Å². The summed E-state index contributed by atoms with van der Waals surface area (Å²) in [6, 6.07) is 37.9. The van der Waals surface area contributed by atoms with E-state index in [9.17, 15) is 4.79 Å². The van der Waals surface area contributed by atoms with Crippen LogP contribution in [0.5, 0.6) is 0 Å². The molecule has 0 heterocycles. The number of Topliss-reactive ketones (excluding diaryl/α,β-unsaturated/α-hetero) is 1. The summed E-state index contributed by atoms with van der Waals surface area (Å²) in [6.07, 6.45) is 8.74. The standard InChI is InChI=1S/C45H38O/c1-44(2)39-11-7-5-9-33(39)35-21-19-31(25-41(35)44)29-17-15-27-13-14-28-16-18-30(24-38(28)43(46)37(27)23-29)32-20-22-36-34-10-6-8-12-40(34)45(3,4)42(36)26-32/h5-12,15-27,37H,13-14H2,1-4H3. The summed E-state index contributed by atoms with van der Waals surface area (Å²) in [5.41, 5.74) is 17.4. The molecule has 1 heteroatoms. The summed E-state index contributed by atoms with van der Waals surface area (Å²) in [5, 5.41) is 0. The Bertz CT molecular complexity index is 2190. The molecule has 0 aliphatic heterocycles. The maximum atomic E-state index is 14.4. The highest BCUT2D eigenvalue weighted by atomic mass is 16.1. The summed E-state index contributed by atoms with van der Waals surface area (Å²) in [7, 11) is 0. The van der Waals surface area contributed by atoms with Crippen molar-refractivity contribution >= 4 is 11.4 Å². The second kappa shape index (κ2) is 9.63. The molecule has 0 aromatic heterocycles. The Balaban J connectivity index is 1.07. The Labute approximate surface area is 272 Å². The van der Waals surface area contributed by atoms with E-state index in [1.807, 2.05) is 0 Å². The molecule has 0 bridgehead atoms. The smallest absolute Gasteiger partial charge is 0.170 e. The summed E-state index contributed by atoms with van der Waals surface area (Å²) >= 11 is 0. The molecule has 2 unspecified atom stereocenters. The molecule has 1 nitrogen and oxygen atoms in total. The van der Waals surface area contributed by atoms with Crippen LogP contribution < -0.4 is 0 Å². The molecule has 0 spiro atoms. The first-order chi connectivity index (χ1) is 22.2. The number of benzene rings is 5. The fourth-order valence-corrected chi connectivity index (χ4v) is 8.93. The van der Waals surface area contributed by atoms with Gasteiger partial charge in [-0.1, -0.05) is 131 Å². The summed E-state index contributed by atoms with van der Waals surface area (Å²) in [6.45, 7) is 9.30. The van der Waals surface area contributed by atoms with Gasteiger partial charge in [-0.15, -0.1) is 0 Å². The van der Waals surface area contributed by atoms with Gasteiger partial charge in [0.1, 0.15) is 0 Å². The third-order valence-corrected chi connectivity index (χ3v) is 11.6. The van der Waals surface area contributed by atoms with Gasteiger partial charge in [0, 0.05) is 22.3 Å². The first-order valence-electron chi connectivity index (χ1n) is 16.8. The van der Waals surface area contributed by atoms with Gasteiger partial charge in [-0.25, -0.2) is 0 Å². The van der Waals surface area contributed by atoms with Crippen LogP contribution in [0.1, 0.15) is 77.9 Å². The van der Waals surface area contributed by atoms with Crippen molar-refractivity contribution in [3.63, 3.8) is 0 Å². The van der Waals surface area contributed by atoms with Gasteiger partial charge in [-0.3, -0.25) is 4.79 Å². The molecular weight excluding hydrogens is 556 g/mol. The SMILES string of the molecule is CC1(C)c2ccccc2-c2ccc(C3=CC4C(=O)c5cc(-c6ccc7c(c6)C(C)(C)c6ccccc6-7)ccc5CCC4C=C3)cc21. The zero-order valence-electron chi connectivity index (χ0n) is 27.0. The van der Waals surface area contributed by atoms with Gasteiger partial charge < -0.3 is 0 Å². The minimum Gasteiger partial charge on any atom is -0.293 e. The van der Waals surface area contributed by atoms with Gasteiger partial charge >= 0.3 is 0 Å².